The van der Waals surface area contributed by atoms with E-state index in [0.717, 1.165) is 22.4 Å². The van der Waals surface area contributed by atoms with Crippen LogP contribution in [0.4, 0.5) is 22.7 Å². The van der Waals surface area contributed by atoms with Crippen molar-refractivity contribution in [3.05, 3.63) is 102 Å². The summed E-state index contributed by atoms with van der Waals surface area (Å²) in [6, 6.07) is 24.4. The Morgan fingerprint density at radius 3 is 1.68 bits per heavy atom. The van der Waals surface area contributed by atoms with Gasteiger partial charge in [-0.2, -0.15) is 0 Å². The lowest BCUT2D eigenvalue weighted by Crippen LogP contribution is -2.19. The maximum absolute atomic E-state index is 13.9. The maximum atomic E-state index is 13.9. The highest BCUT2D eigenvalue weighted by atomic mass is 32.2. The Morgan fingerprint density at radius 2 is 1.18 bits per heavy atom. The third kappa shape index (κ3) is 7.11. The van der Waals surface area contributed by atoms with Gasteiger partial charge in [0.1, 0.15) is 0 Å². The number of sulfonamides is 1. The van der Waals surface area contributed by atoms with E-state index in [1.165, 1.54) is 0 Å². The predicted octanol–water partition coefficient (Wildman–Crippen LogP) is 8.50. The standard InChI is InChI=1S/C35H43N3O4S2/c1-23(2)26-20-31(24(3)4)35(32(21-26)25(5)6)44(41,42)37-28-16-14-27(15-17-28)36-33-19-18-29(38(7)8)22-34(33)43(39,40)30-12-10-9-11-13-30/h9-25,36-37H,1-8H3. The lowest BCUT2D eigenvalue weighted by Gasteiger charge is -2.23. The molecule has 0 saturated carbocycles. The molecule has 0 bridgehead atoms. The van der Waals surface area contributed by atoms with Crippen molar-refractivity contribution in [3.8, 4) is 0 Å². The zero-order valence-electron chi connectivity index (χ0n) is 26.7. The molecule has 0 unspecified atom stereocenters. The normalized spacial score (nSPS) is 12.2. The van der Waals surface area contributed by atoms with Crippen molar-refractivity contribution in [2.24, 2.45) is 0 Å². The molecule has 4 aromatic rings. The van der Waals surface area contributed by atoms with Gasteiger partial charge in [0.2, 0.25) is 9.84 Å². The summed E-state index contributed by atoms with van der Waals surface area (Å²) in [6.45, 7) is 12.3. The van der Waals surface area contributed by atoms with Gasteiger partial charge in [0.15, 0.2) is 0 Å². The Morgan fingerprint density at radius 1 is 0.636 bits per heavy atom. The number of anilines is 4. The molecule has 0 aromatic heterocycles. The van der Waals surface area contributed by atoms with E-state index in [9.17, 15) is 16.8 Å². The van der Waals surface area contributed by atoms with Gasteiger partial charge >= 0.3 is 0 Å². The smallest absolute Gasteiger partial charge is 0.262 e. The van der Waals surface area contributed by atoms with Gasteiger partial charge in [-0.15, -0.1) is 0 Å². The second-order valence-corrected chi connectivity index (χ2v) is 15.7. The summed E-state index contributed by atoms with van der Waals surface area (Å²) in [6.07, 6.45) is 0. The molecule has 4 rings (SSSR count). The van der Waals surface area contributed by atoms with Crippen LogP contribution in [0.15, 0.2) is 99.6 Å². The quantitative estimate of drug-likeness (QED) is 0.172. The molecule has 0 aliphatic carbocycles. The van der Waals surface area contributed by atoms with Crippen molar-refractivity contribution in [3.63, 3.8) is 0 Å². The summed E-state index contributed by atoms with van der Waals surface area (Å²) in [5.74, 6) is 0.311. The maximum Gasteiger partial charge on any atom is 0.262 e. The zero-order valence-corrected chi connectivity index (χ0v) is 28.3. The Hall–Kier alpha value is -3.82. The largest absolute Gasteiger partial charge is 0.378 e. The average molecular weight is 634 g/mol. The van der Waals surface area contributed by atoms with Gasteiger partial charge < -0.3 is 10.2 Å². The molecule has 44 heavy (non-hydrogen) atoms. The Bertz CT molecular complexity index is 1800. The second-order valence-electron chi connectivity index (χ2n) is 12.2. The number of hydrogen-bond donors (Lipinski definition) is 2. The molecule has 0 aliphatic heterocycles. The minimum Gasteiger partial charge on any atom is -0.378 e. The van der Waals surface area contributed by atoms with Crippen LogP contribution < -0.4 is 14.9 Å². The summed E-state index contributed by atoms with van der Waals surface area (Å²) < 4.78 is 57.8. The molecule has 7 nitrogen and oxygen atoms in total. The van der Waals surface area contributed by atoms with Crippen LogP contribution in [0.3, 0.4) is 0 Å². The lowest BCUT2D eigenvalue weighted by molar-refractivity contribution is 0.594. The van der Waals surface area contributed by atoms with Crippen molar-refractivity contribution in [1.82, 2.24) is 0 Å². The number of rotatable bonds is 11. The minimum absolute atomic E-state index is 0.0181. The summed E-state index contributed by atoms with van der Waals surface area (Å²) in [5, 5.41) is 3.23. The molecule has 234 valence electrons. The Labute approximate surface area is 263 Å². The van der Waals surface area contributed by atoms with E-state index in [-0.39, 0.29) is 27.5 Å². The van der Waals surface area contributed by atoms with Crippen molar-refractivity contribution < 1.29 is 16.8 Å². The molecule has 0 spiro atoms. The fourth-order valence-electron chi connectivity index (χ4n) is 5.02. The summed E-state index contributed by atoms with van der Waals surface area (Å²) in [5.41, 5.74) is 4.92. The summed E-state index contributed by atoms with van der Waals surface area (Å²) >= 11 is 0. The van der Waals surface area contributed by atoms with Crippen LogP contribution in [0.5, 0.6) is 0 Å². The molecule has 0 saturated heterocycles. The van der Waals surface area contributed by atoms with Crippen LogP contribution in [0.2, 0.25) is 0 Å². The van der Waals surface area contributed by atoms with Crippen molar-refractivity contribution >= 4 is 42.6 Å². The predicted molar refractivity (Wildman–Crippen MR) is 182 cm³/mol. The van der Waals surface area contributed by atoms with Gasteiger partial charge in [-0.1, -0.05) is 71.9 Å². The first-order valence-corrected chi connectivity index (χ1v) is 17.8. The van der Waals surface area contributed by atoms with Crippen LogP contribution in [-0.2, 0) is 19.9 Å². The van der Waals surface area contributed by atoms with Crippen LogP contribution >= 0.6 is 0 Å². The van der Waals surface area contributed by atoms with E-state index in [0.29, 0.717) is 22.0 Å². The average Bonchev–Trinajstić information content (AvgIpc) is 2.97. The van der Waals surface area contributed by atoms with Crippen LogP contribution in [0.1, 0.15) is 76.0 Å². The molecule has 0 heterocycles. The van der Waals surface area contributed by atoms with Gasteiger partial charge in [0.05, 0.1) is 20.4 Å². The molecule has 0 fully saturated rings. The van der Waals surface area contributed by atoms with Crippen molar-refractivity contribution in [2.45, 2.75) is 74.0 Å². The number of sulfone groups is 1. The number of nitrogens with zero attached hydrogens (tertiary/aromatic N) is 1. The van der Waals surface area contributed by atoms with E-state index in [1.54, 1.807) is 66.7 Å². The number of hydrogen-bond acceptors (Lipinski definition) is 6. The van der Waals surface area contributed by atoms with Gasteiger partial charge in [0, 0.05) is 31.2 Å². The Balaban J connectivity index is 1.68. The monoisotopic (exact) mass is 633 g/mol. The highest BCUT2D eigenvalue weighted by molar-refractivity contribution is 7.93. The molecule has 0 atom stereocenters. The van der Waals surface area contributed by atoms with Gasteiger partial charge in [-0.05, 0) is 89.0 Å². The zero-order chi connectivity index (χ0) is 32.4. The molecule has 0 aliphatic rings. The number of nitrogens with one attached hydrogen (secondary N) is 2. The van der Waals surface area contributed by atoms with E-state index >= 15 is 0 Å². The lowest BCUT2D eigenvalue weighted by atomic mass is 9.89. The highest BCUT2D eigenvalue weighted by Gasteiger charge is 2.27. The molecule has 9 heteroatoms. The van der Waals surface area contributed by atoms with E-state index in [2.05, 4.69) is 23.9 Å². The highest BCUT2D eigenvalue weighted by Crippen LogP contribution is 2.37. The van der Waals surface area contributed by atoms with Crippen LogP contribution in [0.25, 0.3) is 0 Å². The fraction of sp³-hybridized carbons (Fsp3) is 0.314. The fourth-order valence-corrected chi connectivity index (χ4v) is 8.24. The first kappa shape index (κ1) is 33.1. The van der Waals surface area contributed by atoms with Gasteiger partial charge in [0.25, 0.3) is 10.0 Å². The third-order valence-corrected chi connectivity index (χ3v) is 10.9. The Kier molecular flexibility index (Phi) is 9.80. The number of benzene rings is 4. The topological polar surface area (TPSA) is 95.6 Å². The van der Waals surface area contributed by atoms with Crippen LogP contribution in [-0.4, -0.2) is 30.9 Å². The van der Waals surface area contributed by atoms with Crippen molar-refractivity contribution in [2.75, 3.05) is 29.0 Å². The first-order valence-electron chi connectivity index (χ1n) is 14.8. The van der Waals surface area contributed by atoms with E-state index < -0.39 is 19.9 Å². The minimum atomic E-state index is -3.90. The van der Waals surface area contributed by atoms with Crippen molar-refractivity contribution in [1.29, 1.82) is 0 Å². The SMILES string of the molecule is CC(C)c1cc(C(C)C)c(S(=O)(=O)Nc2ccc(Nc3ccc(N(C)C)cc3S(=O)(=O)c3ccccc3)cc2)c(C(C)C)c1. The summed E-state index contributed by atoms with van der Waals surface area (Å²) in [7, 11) is -4.01. The molecular weight excluding hydrogens is 591 g/mol. The molecular formula is C35H43N3O4S2. The van der Waals surface area contributed by atoms with Gasteiger partial charge in [-0.25, -0.2) is 16.8 Å². The van der Waals surface area contributed by atoms with Gasteiger partial charge in [-0.3, -0.25) is 4.72 Å². The molecule has 2 N–H and O–H groups in total. The summed E-state index contributed by atoms with van der Waals surface area (Å²) in [4.78, 5) is 2.53. The molecule has 4 aromatic carbocycles. The third-order valence-electron chi connectivity index (χ3n) is 7.59. The molecule has 0 amide bonds. The van der Waals surface area contributed by atoms with E-state index in [4.69, 9.17) is 0 Å². The second kappa shape index (κ2) is 13.0. The van der Waals surface area contributed by atoms with Crippen LogP contribution in [0, 0.1) is 0 Å². The van der Waals surface area contributed by atoms with E-state index in [1.807, 2.05) is 64.9 Å². The first-order chi connectivity index (χ1) is 20.6. The molecule has 0 radical (unpaired) electrons.